The van der Waals surface area contributed by atoms with Crippen LogP contribution in [0.25, 0.3) is 11.3 Å². The Labute approximate surface area is 155 Å². The van der Waals surface area contributed by atoms with Crippen LogP contribution >= 0.6 is 11.6 Å². The molecule has 0 fully saturated rings. The highest BCUT2D eigenvalue weighted by Gasteiger charge is 2.11. The molecule has 1 amide bonds. The van der Waals surface area contributed by atoms with E-state index in [4.69, 9.17) is 21.1 Å². The number of carbonyl (C=O) groups is 1. The molecule has 0 aliphatic heterocycles. The van der Waals surface area contributed by atoms with Gasteiger partial charge >= 0.3 is 0 Å². The molecule has 0 saturated heterocycles. The highest BCUT2D eigenvalue weighted by molar-refractivity contribution is 6.29. The maximum Gasteiger partial charge on any atom is 0.255 e. The van der Waals surface area contributed by atoms with Crippen molar-refractivity contribution in [1.29, 1.82) is 0 Å². The third-order valence-electron chi connectivity index (χ3n) is 3.69. The second kappa shape index (κ2) is 7.84. The number of benzene rings is 2. The third-order valence-corrected chi connectivity index (χ3v) is 3.90. The summed E-state index contributed by atoms with van der Waals surface area (Å²) in [5.74, 6) is 0.794. The summed E-state index contributed by atoms with van der Waals surface area (Å²) in [5.41, 5.74) is 2.58. The summed E-state index contributed by atoms with van der Waals surface area (Å²) in [6.07, 6.45) is 0. The number of carbonyl (C=O) groups excluding carboxylic acids is 1. The van der Waals surface area contributed by atoms with Gasteiger partial charge in [-0.05, 0) is 42.5 Å². The molecule has 1 aromatic heterocycles. The maximum atomic E-state index is 12.5. The lowest BCUT2D eigenvalue weighted by atomic mass is 10.1. The molecule has 0 radical (unpaired) electrons. The third kappa shape index (κ3) is 3.92. The predicted octanol–water partition coefficient (Wildman–Crippen LogP) is 4.07. The smallest absolute Gasteiger partial charge is 0.255 e. The summed E-state index contributed by atoms with van der Waals surface area (Å²) >= 11 is 5.76. The van der Waals surface area contributed by atoms with E-state index in [1.807, 2.05) is 18.2 Å². The minimum absolute atomic E-state index is 0.259. The first-order valence-corrected chi connectivity index (χ1v) is 8.11. The zero-order chi connectivity index (χ0) is 18.5. The summed E-state index contributed by atoms with van der Waals surface area (Å²) < 4.78 is 10.4. The SMILES string of the molecule is COc1ccc(C(=O)Nc2cccc(-c3ccc(Cl)nn3)c2)cc1OC. The number of rotatable bonds is 5. The molecule has 0 spiro atoms. The fraction of sp³-hybridized carbons (Fsp3) is 0.105. The van der Waals surface area contributed by atoms with Gasteiger partial charge in [-0.15, -0.1) is 10.2 Å². The number of hydrogen-bond acceptors (Lipinski definition) is 5. The van der Waals surface area contributed by atoms with Crippen LogP contribution in [0.3, 0.4) is 0 Å². The van der Waals surface area contributed by atoms with Crippen molar-refractivity contribution >= 4 is 23.2 Å². The van der Waals surface area contributed by atoms with Crippen LogP contribution in [0, 0.1) is 0 Å². The number of hydrogen-bond donors (Lipinski definition) is 1. The number of nitrogens with one attached hydrogen (secondary N) is 1. The van der Waals surface area contributed by atoms with E-state index in [-0.39, 0.29) is 5.91 Å². The van der Waals surface area contributed by atoms with Crippen LogP contribution in [0.5, 0.6) is 11.5 Å². The number of anilines is 1. The van der Waals surface area contributed by atoms with E-state index in [0.29, 0.717) is 33.6 Å². The second-order valence-electron chi connectivity index (χ2n) is 5.35. The summed E-state index contributed by atoms with van der Waals surface area (Å²) in [4.78, 5) is 12.5. The maximum absolute atomic E-state index is 12.5. The van der Waals surface area contributed by atoms with Crippen molar-refractivity contribution in [2.24, 2.45) is 0 Å². The molecule has 2 aromatic carbocycles. The Morgan fingerprint density at radius 1 is 0.962 bits per heavy atom. The van der Waals surface area contributed by atoms with Crippen LogP contribution in [0.2, 0.25) is 5.15 Å². The van der Waals surface area contributed by atoms with E-state index >= 15 is 0 Å². The van der Waals surface area contributed by atoms with E-state index in [2.05, 4.69) is 15.5 Å². The van der Waals surface area contributed by atoms with Gasteiger partial charge in [-0.3, -0.25) is 4.79 Å². The molecule has 7 heteroatoms. The van der Waals surface area contributed by atoms with Gasteiger partial charge in [0.25, 0.3) is 5.91 Å². The zero-order valence-electron chi connectivity index (χ0n) is 14.2. The monoisotopic (exact) mass is 369 g/mol. The van der Waals surface area contributed by atoms with E-state index < -0.39 is 0 Å². The number of amides is 1. The average Bonchev–Trinajstić information content (AvgIpc) is 2.68. The molecule has 0 aliphatic rings. The van der Waals surface area contributed by atoms with E-state index in [0.717, 1.165) is 5.56 Å². The van der Waals surface area contributed by atoms with Gasteiger partial charge in [0.05, 0.1) is 19.9 Å². The lowest BCUT2D eigenvalue weighted by molar-refractivity contribution is 0.102. The molecular formula is C19H16ClN3O3. The molecule has 26 heavy (non-hydrogen) atoms. The summed E-state index contributed by atoms with van der Waals surface area (Å²) in [6, 6.07) is 15.7. The molecule has 3 aromatic rings. The van der Waals surface area contributed by atoms with Crippen molar-refractivity contribution < 1.29 is 14.3 Å². The number of aromatic nitrogens is 2. The van der Waals surface area contributed by atoms with Gasteiger partial charge < -0.3 is 14.8 Å². The summed E-state index contributed by atoms with van der Waals surface area (Å²) in [5, 5.41) is 11.1. The molecular weight excluding hydrogens is 354 g/mol. The van der Waals surface area contributed by atoms with Gasteiger partial charge in [-0.2, -0.15) is 0 Å². The van der Waals surface area contributed by atoms with Crippen LogP contribution < -0.4 is 14.8 Å². The molecule has 132 valence electrons. The Bertz CT molecular complexity index is 930. The second-order valence-corrected chi connectivity index (χ2v) is 5.73. The Morgan fingerprint density at radius 2 is 1.77 bits per heavy atom. The van der Waals surface area contributed by atoms with E-state index in [1.54, 1.807) is 43.5 Å². The summed E-state index contributed by atoms with van der Waals surface area (Å²) in [6.45, 7) is 0. The Kier molecular flexibility index (Phi) is 5.34. The van der Waals surface area contributed by atoms with Crippen LogP contribution in [0.4, 0.5) is 5.69 Å². The highest BCUT2D eigenvalue weighted by atomic mass is 35.5. The minimum Gasteiger partial charge on any atom is -0.493 e. The van der Waals surface area contributed by atoms with Crippen LogP contribution in [0.15, 0.2) is 54.6 Å². The molecule has 1 N–H and O–H groups in total. The van der Waals surface area contributed by atoms with Gasteiger partial charge in [-0.1, -0.05) is 23.7 Å². The van der Waals surface area contributed by atoms with Crippen molar-refractivity contribution in [3.05, 3.63) is 65.3 Å². The summed E-state index contributed by atoms with van der Waals surface area (Å²) in [7, 11) is 3.07. The standard InChI is InChI=1S/C19H16ClN3O3/c1-25-16-8-6-13(11-17(16)26-2)19(24)21-14-5-3-4-12(10-14)15-7-9-18(20)23-22-15/h3-11H,1-2H3,(H,21,24). The van der Waals surface area contributed by atoms with Crippen molar-refractivity contribution in [1.82, 2.24) is 10.2 Å². The van der Waals surface area contributed by atoms with Crippen LogP contribution in [-0.2, 0) is 0 Å². The van der Waals surface area contributed by atoms with Gasteiger partial charge in [0.15, 0.2) is 16.7 Å². The molecule has 1 heterocycles. The molecule has 6 nitrogen and oxygen atoms in total. The Morgan fingerprint density at radius 3 is 2.46 bits per heavy atom. The van der Waals surface area contributed by atoms with Gasteiger partial charge in [0, 0.05) is 16.8 Å². The fourth-order valence-corrected chi connectivity index (χ4v) is 2.51. The van der Waals surface area contributed by atoms with Crippen molar-refractivity contribution in [3.63, 3.8) is 0 Å². The molecule has 0 atom stereocenters. The van der Waals surface area contributed by atoms with Crippen molar-refractivity contribution in [2.75, 3.05) is 19.5 Å². The minimum atomic E-state index is -0.259. The highest BCUT2D eigenvalue weighted by Crippen LogP contribution is 2.28. The van der Waals surface area contributed by atoms with Gasteiger partial charge in [0.2, 0.25) is 0 Å². The Balaban J connectivity index is 1.81. The molecule has 0 bridgehead atoms. The zero-order valence-corrected chi connectivity index (χ0v) is 14.9. The largest absolute Gasteiger partial charge is 0.493 e. The van der Waals surface area contributed by atoms with Crippen LogP contribution in [-0.4, -0.2) is 30.3 Å². The van der Waals surface area contributed by atoms with Crippen LogP contribution in [0.1, 0.15) is 10.4 Å². The van der Waals surface area contributed by atoms with Gasteiger partial charge in [0.1, 0.15) is 0 Å². The Hall–Kier alpha value is -3.12. The normalized spacial score (nSPS) is 10.3. The lowest BCUT2D eigenvalue weighted by Gasteiger charge is -2.10. The van der Waals surface area contributed by atoms with E-state index in [9.17, 15) is 4.79 Å². The molecule has 3 rings (SSSR count). The number of nitrogens with zero attached hydrogens (tertiary/aromatic N) is 2. The topological polar surface area (TPSA) is 73.3 Å². The van der Waals surface area contributed by atoms with E-state index in [1.165, 1.54) is 7.11 Å². The molecule has 0 saturated carbocycles. The predicted molar refractivity (Wildman–Crippen MR) is 100.0 cm³/mol. The molecule has 0 aliphatic carbocycles. The quantitative estimate of drug-likeness (QED) is 0.734. The lowest BCUT2D eigenvalue weighted by Crippen LogP contribution is -2.12. The fourth-order valence-electron chi connectivity index (χ4n) is 2.41. The first-order valence-electron chi connectivity index (χ1n) is 7.74. The number of methoxy groups -OCH3 is 2. The average molecular weight is 370 g/mol. The van der Waals surface area contributed by atoms with Crippen molar-refractivity contribution in [2.45, 2.75) is 0 Å². The number of ether oxygens (including phenoxy) is 2. The first kappa shape index (κ1) is 17.7. The van der Waals surface area contributed by atoms with Crippen molar-refractivity contribution in [3.8, 4) is 22.8 Å². The first-order chi connectivity index (χ1) is 12.6. The van der Waals surface area contributed by atoms with Gasteiger partial charge in [-0.25, -0.2) is 0 Å². The number of halogens is 1. The molecule has 0 unspecified atom stereocenters.